The zero-order chi connectivity index (χ0) is 10.9. The summed E-state index contributed by atoms with van der Waals surface area (Å²) in [5, 5.41) is 9.01. The molecule has 2 heteroatoms. The van der Waals surface area contributed by atoms with Crippen LogP contribution in [-0.2, 0) is 11.3 Å². The number of aliphatic hydroxyl groups is 1. The molecule has 1 N–H and O–H groups in total. The summed E-state index contributed by atoms with van der Waals surface area (Å²) < 4.78 is 5.34. The van der Waals surface area contributed by atoms with Crippen LogP contribution in [0.2, 0.25) is 0 Å². The molecule has 1 atom stereocenters. The Labute approximate surface area is 91.2 Å². The number of aliphatic hydroxyl groups excluding tert-OH is 1. The van der Waals surface area contributed by atoms with Gasteiger partial charge in [0.1, 0.15) is 6.61 Å². The van der Waals surface area contributed by atoms with E-state index in [1.165, 1.54) is 0 Å². The van der Waals surface area contributed by atoms with Gasteiger partial charge in [0.25, 0.3) is 0 Å². The van der Waals surface area contributed by atoms with E-state index in [0.29, 0.717) is 6.61 Å². The second-order valence-electron chi connectivity index (χ2n) is 3.59. The van der Waals surface area contributed by atoms with Gasteiger partial charge in [0.15, 0.2) is 0 Å². The van der Waals surface area contributed by atoms with Crippen LogP contribution in [0, 0.1) is 0 Å². The summed E-state index contributed by atoms with van der Waals surface area (Å²) in [4.78, 5) is 0. The molecular weight excluding hydrogens is 188 g/mol. The molecule has 2 nitrogen and oxygen atoms in total. The summed E-state index contributed by atoms with van der Waals surface area (Å²) in [6.45, 7) is 2.39. The molecule has 1 rings (SSSR count). The molecule has 1 aromatic rings. The van der Waals surface area contributed by atoms with E-state index in [2.05, 4.69) is 0 Å². The average molecular weight is 206 g/mol. The van der Waals surface area contributed by atoms with E-state index >= 15 is 0 Å². The fourth-order valence-corrected chi connectivity index (χ4v) is 1.19. The quantitative estimate of drug-likeness (QED) is 0.725. The third-order valence-corrected chi connectivity index (χ3v) is 2.04. The van der Waals surface area contributed by atoms with Gasteiger partial charge in [-0.05, 0) is 31.4 Å². The van der Waals surface area contributed by atoms with Crippen LogP contribution in [-0.4, -0.2) is 11.2 Å². The van der Waals surface area contributed by atoms with Crippen LogP contribution in [0.1, 0.15) is 25.3 Å². The Bertz CT molecular complexity index is 278. The molecule has 0 saturated heterocycles. The normalized spacial score (nSPS) is 12.9. The fraction of sp³-hybridized carbons (Fsp3) is 0.385. The highest BCUT2D eigenvalue weighted by Crippen LogP contribution is 2.01. The van der Waals surface area contributed by atoms with Crippen molar-refractivity contribution in [1.29, 1.82) is 0 Å². The van der Waals surface area contributed by atoms with Crippen molar-refractivity contribution in [2.45, 2.75) is 32.5 Å². The maximum Gasteiger partial charge on any atom is 0.112 e. The SMILES string of the molecule is C[C@H](O)CCC=COCc1ccccc1. The molecule has 0 radical (unpaired) electrons. The molecule has 0 unspecified atom stereocenters. The highest BCUT2D eigenvalue weighted by Gasteiger charge is 1.91. The molecule has 0 fully saturated rings. The average Bonchev–Trinajstić information content (AvgIpc) is 2.24. The molecule has 0 saturated carbocycles. The van der Waals surface area contributed by atoms with Crippen molar-refractivity contribution in [2.24, 2.45) is 0 Å². The molecule has 0 amide bonds. The Morgan fingerprint density at radius 1 is 1.33 bits per heavy atom. The number of allylic oxidation sites excluding steroid dienone is 1. The van der Waals surface area contributed by atoms with Gasteiger partial charge in [-0.2, -0.15) is 0 Å². The molecule has 0 spiro atoms. The first-order chi connectivity index (χ1) is 7.29. The largest absolute Gasteiger partial charge is 0.497 e. The zero-order valence-electron chi connectivity index (χ0n) is 9.10. The van der Waals surface area contributed by atoms with Gasteiger partial charge in [-0.1, -0.05) is 30.3 Å². The Hall–Kier alpha value is -1.28. The standard InChI is InChI=1S/C13H18O2/c1-12(14)7-5-6-10-15-11-13-8-3-2-4-9-13/h2-4,6,8-10,12,14H,5,7,11H2,1H3/t12-/m0/s1. The first-order valence-corrected chi connectivity index (χ1v) is 5.27. The van der Waals surface area contributed by atoms with Crippen molar-refractivity contribution >= 4 is 0 Å². The lowest BCUT2D eigenvalue weighted by Gasteiger charge is -2.01. The summed E-state index contributed by atoms with van der Waals surface area (Å²) in [6.07, 6.45) is 5.05. The van der Waals surface area contributed by atoms with Crippen molar-refractivity contribution in [3.63, 3.8) is 0 Å². The number of hydrogen-bond acceptors (Lipinski definition) is 2. The second-order valence-corrected chi connectivity index (χ2v) is 3.59. The van der Waals surface area contributed by atoms with E-state index in [1.807, 2.05) is 36.4 Å². The highest BCUT2D eigenvalue weighted by molar-refractivity contribution is 5.13. The minimum atomic E-state index is -0.233. The summed E-state index contributed by atoms with van der Waals surface area (Å²) in [6, 6.07) is 10.0. The number of hydrogen-bond donors (Lipinski definition) is 1. The van der Waals surface area contributed by atoms with Crippen molar-refractivity contribution in [1.82, 2.24) is 0 Å². The number of rotatable bonds is 6. The third kappa shape index (κ3) is 5.92. The maximum absolute atomic E-state index is 9.01. The predicted molar refractivity (Wildman–Crippen MR) is 61.3 cm³/mol. The maximum atomic E-state index is 9.01. The lowest BCUT2D eigenvalue weighted by atomic mass is 10.2. The first kappa shape index (κ1) is 11.8. The molecule has 15 heavy (non-hydrogen) atoms. The van der Waals surface area contributed by atoms with Crippen LogP contribution in [0.3, 0.4) is 0 Å². The van der Waals surface area contributed by atoms with Crippen LogP contribution in [0.5, 0.6) is 0 Å². The fourth-order valence-electron chi connectivity index (χ4n) is 1.19. The smallest absolute Gasteiger partial charge is 0.112 e. The molecule has 1 aromatic carbocycles. The van der Waals surface area contributed by atoms with E-state index in [4.69, 9.17) is 9.84 Å². The Kier molecular flexibility index (Phi) is 5.56. The summed E-state index contributed by atoms with van der Waals surface area (Å²) in [5.74, 6) is 0. The van der Waals surface area contributed by atoms with Gasteiger partial charge >= 0.3 is 0 Å². The molecule has 0 aliphatic rings. The van der Waals surface area contributed by atoms with Crippen LogP contribution in [0.15, 0.2) is 42.7 Å². The summed E-state index contributed by atoms with van der Waals surface area (Å²) in [5.41, 5.74) is 1.16. The van der Waals surface area contributed by atoms with Gasteiger partial charge in [-0.3, -0.25) is 0 Å². The van der Waals surface area contributed by atoms with Crippen LogP contribution in [0.4, 0.5) is 0 Å². The number of benzene rings is 1. The Balaban J connectivity index is 2.11. The lowest BCUT2D eigenvalue weighted by molar-refractivity contribution is 0.185. The van der Waals surface area contributed by atoms with Gasteiger partial charge in [-0.25, -0.2) is 0 Å². The minimum absolute atomic E-state index is 0.233. The second kappa shape index (κ2) is 7.07. The van der Waals surface area contributed by atoms with Crippen molar-refractivity contribution in [2.75, 3.05) is 0 Å². The molecule has 0 aliphatic heterocycles. The first-order valence-electron chi connectivity index (χ1n) is 5.27. The highest BCUT2D eigenvalue weighted by atomic mass is 16.5. The van der Waals surface area contributed by atoms with Gasteiger partial charge in [0, 0.05) is 0 Å². The van der Waals surface area contributed by atoms with E-state index in [-0.39, 0.29) is 6.10 Å². The summed E-state index contributed by atoms with van der Waals surface area (Å²) in [7, 11) is 0. The van der Waals surface area contributed by atoms with Gasteiger partial charge in [0.05, 0.1) is 12.4 Å². The van der Waals surface area contributed by atoms with Gasteiger partial charge < -0.3 is 9.84 Å². The molecule has 0 heterocycles. The van der Waals surface area contributed by atoms with Crippen LogP contribution in [0.25, 0.3) is 0 Å². The molecular formula is C13H18O2. The van der Waals surface area contributed by atoms with Crippen LogP contribution < -0.4 is 0 Å². The Morgan fingerprint density at radius 3 is 2.73 bits per heavy atom. The van der Waals surface area contributed by atoms with Gasteiger partial charge in [-0.15, -0.1) is 0 Å². The zero-order valence-corrected chi connectivity index (χ0v) is 9.10. The van der Waals surface area contributed by atoms with Crippen molar-refractivity contribution in [3.8, 4) is 0 Å². The third-order valence-electron chi connectivity index (χ3n) is 2.04. The molecule has 82 valence electrons. The van der Waals surface area contributed by atoms with E-state index in [0.717, 1.165) is 18.4 Å². The lowest BCUT2D eigenvalue weighted by Crippen LogP contribution is -1.96. The summed E-state index contributed by atoms with van der Waals surface area (Å²) >= 11 is 0. The minimum Gasteiger partial charge on any atom is -0.497 e. The van der Waals surface area contributed by atoms with Gasteiger partial charge in [0.2, 0.25) is 0 Å². The predicted octanol–water partition coefficient (Wildman–Crippen LogP) is 2.88. The Morgan fingerprint density at radius 2 is 2.07 bits per heavy atom. The monoisotopic (exact) mass is 206 g/mol. The molecule has 0 bridgehead atoms. The molecule has 0 aromatic heterocycles. The van der Waals surface area contributed by atoms with E-state index in [9.17, 15) is 0 Å². The van der Waals surface area contributed by atoms with E-state index < -0.39 is 0 Å². The van der Waals surface area contributed by atoms with Crippen molar-refractivity contribution < 1.29 is 9.84 Å². The number of ether oxygens (including phenoxy) is 1. The van der Waals surface area contributed by atoms with Crippen molar-refractivity contribution in [3.05, 3.63) is 48.2 Å². The van der Waals surface area contributed by atoms with E-state index in [1.54, 1.807) is 13.2 Å². The molecule has 0 aliphatic carbocycles. The topological polar surface area (TPSA) is 29.5 Å². The van der Waals surface area contributed by atoms with Crippen LogP contribution >= 0.6 is 0 Å².